The second-order valence-electron chi connectivity index (χ2n) is 3.80. The van der Waals surface area contributed by atoms with Crippen molar-refractivity contribution < 1.29 is 14.3 Å². The zero-order valence-corrected chi connectivity index (χ0v) is 8.93. The van der Waals surface area contributed by atoms with Gasteiger partial charge in [0, 0.05) is 18.7 Å². The monoisotopic (exact) mass is 211 g/mol. The van der Waals surface area contributed by atoms with Crippen molar-refractivity contribution in [1.29, 1.82) is 0 Å². The molecule has 1 aliphatic rings. The van der Waals surface area contributed by atoms with Gasteiger partial charge >= 0.3 is 0 Å². The van der Waals surface area contributed by atoms with Crippen molar-refractivity contribution >= 4 is 0 Å². The van der Waals surface area contributed by atoms with Crippen LogP contribution in [0.15, 0.2) is 23.0 Å². The molecule has 0 aliphatic carbocycles. The molecule has 0 bridgehead atoms. The first-order valence-electron chi connectivity index (χ1n) is 5.35. The fraction of sp³-hybridized carbons (Fsp3) is 0.636. The Morgan fingerprint density at radius 1 is 1.67 bits per heavy atom. The van der Waals surface area contributed by atoms with E-state index in [9.17, 15) is 5.11 Å². The lowest BCUT2D eigenvalue weighted by Crippen LogP contribution is -2.44. The Balaban J connectivity index is 1.98. The van der Waals surface area contributed by atoms with Gasteiger partial charge in [-0.1, -0.05) is 6.92 Å². The zero-order valence-electron chi connectivity index (χ0n) is 8.93. The molecule has 1 aromatic heterocycles. The third kappa shape index (κ3) is 2.40. The van der Waals surface area contributed by atoms with Crippen LogP contribution in [0.25, 0.3) is 0 Å². The van der Waals surface area contributed by atoms with Gasteiger partial charge in [-0.25, -0.2) is 0 Å². The number of aliphatic hydroxyl groups excluding tert-OH is 1. The third-order valence-electron chi connectivity index (χ3n) is 2.86. The molecule has 1 aliphatic heterocycles. The van der Waals surface area contributed by atoms with Gasteiger partial charge in [-0.3, -0.25) is 4.90 Å². The van der Waals surface area contributed by atoms with Crippen LogP contribution in [-0.2, 0) is 4.74 Å². The maximum Gasteiger partial charge on any atom is 0.109 e. The standard InChI is InChI=1S/C11H17NO3/c1-2-12-4-6-15-10(7-12)11(13)9-3-5-14-8-9/h3,5,8,10-11,13H,2,4,6-7H2,1H3. The Morgan fingerprint density at radius 3 is 3.20 bits per heavy atom. The normalized spacial score (nSPS) is 25.3. The number of hydrogen-bond donors (Lipinski definition) is 1. The highest BCUT2D eigenvalue weighted by molar-refractivity contribution is 5.11. The van der Waals surface area contributed by atoms with E-state index in [4.69, 9.17) is 9.15 Å². The lowest BCUT2D eigenvalue weighted by atomic mass is 10.1. The Bertz CT molecular complexity index is 286. The molecule has 2 atom stereocenters. The molecule has 1 fully saturated rings. The molecule has 1 saturated heterocycles. The Labute approximate surface area is 89.4 Å². The van der Waals surface area contributed by atoms with E-state index in [-0.39, 0.29) is 6.10 Å². The third-order valence-corrected chi connectivity index (χ3v) is 2.86. The maximum atomic E-state index is 10.0. The summed E-state index contributed by atoms with van der Waals surface area (Å²) in [5.41, 5.74) is 0.790. The van der Waals surface area contributed by atoms with E-state index in [1.807, 2.05) is 0 Å². The molecule has 15 heavy (non-hydrogen) atoms. The quantitative estimate of drug-likeness (QED) is 0.811. The fourth-order valence-corrected chi connectivity index (χ4v) is 1.87. The van der Waals surface area contributed by atoms with Gasteiger partial charge in [-0.05, 0) is 12.6 Å². The SMILES string of the molecule is CCN1CCOC(C(O)c2ccoc2)C1. The number of morpholine rings is 1. The molecule has 4 nitrogen and oxygen atoms in total. The first kappa shape index (κ1) is 10.7. The summed E-state index contributed by atoms with van der Waals surface area (Å²) in [6, 6.07) is 1.78. The van der Waals surface area contributed by atoms with Gasteiger partial charge < -0.3 is 14.3 Å². The molecule has 2 heterocycles. The molecular formula is C11H17NO3. The number of aliphatic hydroxyl groups is 1. The van der Waals surface area contributed by atoms with Crippen molar-refractivity contribution in [3.8, 4) is 0 Å². The molecule has 2 rings (SSSR count). The largest absolute Gasteiger partial charge is 0.472 e. The minimum Gasteiger partial charge on any atom is -0.472 e. The molecule has 0 spiro atoms. The first-order chi connectivity index (χ1) is 7.31. The van der Waals surface area contributed by atoms with Crippen LogP contribution in [-0.4, -0.2) is 42.4 Å². The number of ether oxygens (including phenoxy) is 1. The average molecular weight is 211 g/mol. The van der Waals surface area contributed by atoms with Gasteiger partial charge in [0.05, 0.1) is 19.1 Å². The first-order valence-corrected chi connectivity index (χ1v) is 5.35. The van der Waals surface area contributed by atoms with E-state index in [0.29, 0.717) is 6.61 Å². The average Bonchev–Trinajstić information content (AvgIpc) is 2.81. The smallest absolute Gasteiger partial charge is 0.109 e. The minimum atomic E-state index is -0.585. The van der Waals surface area contributed by atoms with E-state index >= 15 is 0 Å². The Kier molecular flexibility index (Phi) is 3.41. The van der Waals surface area contributed by atoms with E-state index in [2.05, 4.69) is 11.8 Å². The lowest BCUT2D eigenvalue weighted by molar-refractivity contribution is -0.0890. The van der Waals surface area contributed by atoms with Crippen molar-refractivity contribution in [2.24, 2.45) is 0 Å². The molecular weight excluding hydrogens is 194 g/mol. The van der Waals surface area contributed by atoms with Gasteiger partial charge in [0.2, 0.25) is 0 Å². The fourth-order valence-electron chi connectivity index (χ4n) is 1.87. The van der Waals surface area contributed by atoms with Gasteiger partial charge in [0.15, 0.2) is 0 Å². The molecule has 84 valence electrons. The predicted molar refractivity (Wildman–Crippen MR) is 55.5 cm³/mol. The highest BCUT2D eigenvalue weighted by Gasteiger charge is 2.27. The van der Waals surface area contributed by atoms with E-state index in [1.54, 1.807) is 18.6 Å². The molecule has 0 radical (unpaired) electrons. The summed E-state index contributed by atoms with van der Waals surface area (Å²) >= 11 is 0. The molecule has 4 heteroatoms. The molecule has 2 unspecified atom stereocenters. The summed E-state index contributed by atoms with van der Waals surface area (Å²) in [5.74, 6) is 0. The van der Waals surface area contributed by atoms with Crippen LogP contribution in [0.4, 0.5) is 0 Å². The van der Waals surface area contributed by atoms with Crippen molar-refractivity contribution in [1.82, 2.24) is 4.90 Å². The van der Waals surface area contributed by atoms with Crippen LogP contribution in [0.3, 0.4) is 0 Å². The minimum absolute atomic E-state index is 0.142. The number of furan rings is 1. The van der Waals surface area contributed by atoms with Gasteiger partial charge in [0.1, 0.15) is 12.2 Å². The highest BCUT2D eigenvalue weighted by atomic mass is 16.5. The summed E-state index contributed by atoms with van der Waals surface area (Å²) in [5, 5.41) is 10.0. The van der Waals surface area contributed by atoms with E-state index in [1.165, 1.54) is 0 Å². The van der Waals surface area contributed by atoms with Crippen molar-refractivity contribution in [2.45, 2.75) is 19.1 Å². The van der Waals surface area contributed by atoms with Crippen LogP contribution in [0.5, 0.6) is 0 Å². The van der Waals surface area contributed by atoms with Crippen LogP contribution < -0.4 is 0 Å². The molecule has 0 saturated carbocycles. The van der Waals surface area contributed by atoms with Gasteiger partial charge in [-0.2, -0.15) is 0 Å². The maximum absolute atomic E-state index is 10.0. The summed E-state index contributed by atoms with van der Waals surface area (Å²) in [6.07, 6.45) is 2.41. The van der Waals surface area contributed by atoms with Crippen molar-refractivity contribution in [2.75, 3.05) is 26.2 Å². The lowest BCUT2D eigenvalue weighted by Gasteiger charge is -2.34. The van der Waals surface area contributed by atoms with Gasteiger partial charge in [0.25, 0.3) is 0 Å². The molecule has 0 amide bonds. The van der Waals surface area contributed by atoms with Crippen LogP contribution in [0.2, 0.25) is 0 Å². The predicted octanol–water partition coefficient (Wildman–Crippen LogP) is 1.03. The van der Waals surface area contributed by atoms with Crippen molar-refractivity contribution in [3.05, 3.63) is 24.2 Å². The second-order valence-corrected chi connectivity index (χ2v) is 3.80. The molecule has 0 aromatic carbocycles. The highest BCUT2D eigenvalue weighted by Crippen LogP contribution is 2.22. The second kappa shape index (κ2) is 4.79. The summed E-state index contributed by atoms with van der Waals surface area (Å²) in [4.78, 5) is 2.28. The molecule has 1 N–H and O–H groups in total. The Hall–Kier alpha value is -0.840. The van der Waals surface area contributed by atoms with E-state index < -0.39 is 6.10 Å². The number of nitrogens with zero attached hydrogens (tertiary/aromatic N) is 1. The number of likely N-dealkylation sites (N-methyl/N-ethyl adjacent to an activating group) is 1. The van der Waals surface area contributed by atoms with Crippen LogP contribution >= 0.6 is 0 Å². The zero-order chi connectivity index (χ0) is 10.7. The van der Waals surface area contributed by atoms with Crippen LogP contribution in [0.1, 0.15) is 18.6 Å². The molecule has 1 aromatic rings. The van der Waals surface area contributed by atoms with Gasteiger partial charge in [-0.15, -0.1) is 0 Å². The van der Waals surface area contributed by atoms with E-state index in [0.717, 1.165) is 25.2 Å². The van der Waals surface area contributed by atoms with Crippen LogP contribution in [0, 0.1) is 0 Å². The number of rotatable bonds is 3. The number of hydrogen-bond acceptors (Lipinski definition) is 4. The summed E-state index contributed by atoms with van der Waals surface area (Å²) < 4.78 is 10.5. The summed E-state index contributed by atoms with van der Waals surface area (Å²) in [6.45, 7) is 5.53. The topological polar surface area (TPSA) is 45.8 Å². The summed E-state index contributed by atoms with van der Waals surface area (Å²) in [7, 11) is 0. The Morgan fingerprint density at radius 2 is 2.53 bits per heavy atom. The van der Waals surface area contributed by atoms with Crippen molar-refractivity contribution in [3.63, 3.8) is 0 Å².